The molecule has 0 bridgehead atoms. The Bertz CT molecular complexity index is 1180. The number of aryl methyl sites for hydroxylation is 1. The maximum atomic E-state index is 13.3. The number of thioether (sulfide) groups is 1. The van der Waals surface area contributed by atoms with E-state index in [0.29, 0.717) is 43.3 Å². The van der Waals surface area contributed by atoms with Crippen molar-refractivity contribution in [1.29, 1.82) is 0 Å². The normalized spacial score (nSPS) is 16.0. The van der Waals surface area contributed by atoms with Crippen LogP contribution in [0.1, 0.15) is 21.6 Å². The van der Waals surface area contributed by atoms with Gasteiger partial charge in [0, 0.05) is 60.7 Å². The number of carbonyl (C=O) groups is 1. The SMILES string of the molecule is Cn1nc(C(=O)N2CCN(c3cccc(C(F)(F)F)c3)CC2)c2c1-c1ccccc1SC2. The third-order valence-electron chi connectivity index (χ3n) is 5.97. The molecular formula is C23H21F3N4OS. The minimum absolute atomic E-state index is 0.120. The highest BCUT2D eigenvalue weighted by Gasteiger charge is 2.33. The number of nitrogens with zero attached hydrogens (tertiary/aromatic N) is 4. The molecule has 0 aliphatic carbocycles. The van der Waals surface area contributed by atoms with E-state index in [4.69, 9.17) is 0 Å². The zero-order chi connectivity index (χ0) is 22.5. The number of alkyl halides is 3. The molecule has 0 spiro atoms. The van der Waals surface area contributed by atoms with Crippen LogP contribution in [0.4, 0.5) is 18.9 Å². The summed E-state index contributed by atoms with van der Waals surface area (Å²) in [5, 5.41) is 4.56. The molecule has 9 heteroatoms. The van der Waals surface area contributed by atoms with Gasteiger partial charge >= 0.3 is 6.18 Å². The predicted molar refractivity (Wildman–Crippen MR) is 118 cm³/mol. The van der Waals surface area contributed by atoms with Gasteiger partial charge in [0.2, 0.25) is 0 Å². The largest absolute Gasteiger partial charge is 0.416 e. The van der Waals surface area contributed by atoms with Crippen molar-refractivity contribution in [3.63, 3.8) is 0 Å². The highest BCUT2D eigenvalue weighted by molar-refractivity contribution is 7.98. The van der Waals surface area contributed by atoms with Crippen molar-refractivity contribution in [3.05, 3.63) is 65.4 Å². The molecule has 5 rings (SSSR count). The Morgan fingerprint density at radius 2 is 1.78 bits per heavy atom. The van der Waals surface area contributed by atoms with E-state index in [1.807, 2.05) is 30.1 Å². The van der Waals surface area contributed by atoms with Crippen LogP contribution in [0.5, 0.6) is 0 Å². The highest BCUT2D eigenvalue weighted by Crippen LogP contribution is 2.42. The fourth-order valence-electron chi connectivity index (χ4n) is 4.35. The summed E-state index contributed by atoms with van der Waals surface area (Å²) in [5.41, 5.74) is 3.34. The monoisotopic (exact) mass is 458 g/mol. The third-order valence-corrected chi connectivity index (χ3v) is 7.07. The van der Waals surface area contributed by atoms with Crippen molar-refractivity contribution in [2.45, 2.75) is 16.8 Å². The molecule has 3 heterocycles. The van der Waals surface area contributed by atoms with Crippen LogP contribution in [-0.2, 0) is 19.0 Å². The summed E-state index contributed by atoms with van der Waals surface area (Å²) >= 11 is 1.70. The van der Waals surface area contributed by atoms with Crippen LogP contribution in [0.3, 0.4) is 0 Å². The molecule has 5 nitrogen and oxygen atoms in total. The van der Waals surface area contributed by atoms with Crippen LogP contribution in [0.25, 0.3) is 11.3 Å². The van der Waals surface area contributed by atoms with Gasteiger partial charge in [-0.1, -0.05) is 24.3 Å². The van der Waals surface area contributed by atoms with Crippen molar-refractivity contribution < 1.29 is 18.0 Å². The summed E-state index contributed by atoms with van der Waals surface area (Å²) in [7, 11) is 1.86. The zero-order valence-electron chi connectivity index (χ0n) is 17.4. The Hall–Kier alpha value is -2.94. The van der Waals surface area contributed by atoms with Gasteiger partial charge in [0.1, 0.15) is 0 Å². The molecule has 166 valence electrons. The lowest BCUT2D eigenvalue weighted by Gasteiger charge is -2.36. The summed E-state index contributed by atoms with van der Waals surface area (Å²) in [4.78, 5) is 18.1. The lowest BCUT2D eigenvalue weighted by atomic mass is 10.1. The fourth-order valence-corrected chi connectivity index (χ4v) is 5.42. The number of hydrogen-bond donors (Lipinski definition) is 0. The first-order valence-corrected chi connectivity index (χ1v) is 11.3. The summed E-state index contributed by atoms with van der Waals surface area (Å²) < 4.78 is 40.9. The molecule has 0 saturated carbocycles. The summed E-state index contributed by atoms with van der Waals surface area (Å²) in [6, 6.07) is 13.4. The molecule has 32 heavy (non-hydrogen) atoms. The molecule has 0 unspecified atom stereocenters. The number of piperazine rings is 1. The molecule has 0 atom stereocenters. The van der Waals surface area contributed by atoms with Crippen LogP contribution in [0, 0.1) is 0 Å². The number of halogens is 3. The zero-order valence-corrected chi connectivity index (χ0v) is 18.2. The Kier molecular flexibility index (Phi) is 5.16. The van der Waals surface area contributed by atoms with Gasteiger partial charge in [-0.25, -0.2) is 0 Å². The predicted octanol–water partition coefficient (Wildman–Crippen LogP) is 4.67. The number of fused-ring (bicyclic) bond motifs is 3. The van der Waals surface area contributed by atoms with E-state index in [0.717, 1.165) is 22.9 Å². The van der Waals surface area contributed by atoms with Crippen molar-refractivity contribution in [1.82, 2.24) is 14.7 Å². The van der Waals surface area contributed by atoms with Gasteiger partial charge in [0.05, 0.1) is 11.3 Å². The van der Waals surface area contributed by atoms with Gasteiger partial charge in [-0.2, -0.15) is 18.3 Å². The molecule has 0 N–H and O–H groups in total. The molecule has 2 aliphatic rings. The Labute approximate surface area is 187 Å². The average molecular weight is 459 g/mol. The molecule has 0 radical (unpaired) electrons. The Balaban J connectivity index is 1.33. The summed E-state index contributed by atoms with van der Waals surface area (Å²) in [6.07, 6.45) is -4.37. The second-order valence-electron chi connectivity index (χ2n) is 7.91. The minimum atomic E-state index is -4.37. The van der Waals surface area contributed by atoms with E-state index < -0.39 is 11.7 Å². The molecule has 1 saturated heterocycles. The van der Waals surface area contributed by atoms with Gasteiger partial charge in [-0.3, -0.25) is 9.48 Å². The third kappa shape index (κ3) is 3.64. The van der Waals surface area contributed by atoms with Crippen LogP contribution in [0.2, 0.25) is 0 Å². The number of anilines is 1. The van der Waals surface area contributed by atoms with Gasteiger partial charge in [0.15, 0.2) is 5.69 Å². The molecule has 2 aromatic carbocycles. The lowest BCUT2D eigenvalue weighted by Crippen LogP contribution is -2.49. The van der Waals surface area contributed by atoms with E-state index in [1.165, 1.54) is 17.0 Å². The summed E-state index contributed by atoms with van der Waals surface area (Å²) in [5.74, 6) is 0.566. The van der Waals surface area contributed by atoms with Gasteiger partial charge in [0.25, 0.3) is 5.91 Å². The first-order valence-electron chi connectivity index (χ1n) is 10.3. The molecule has 1 fully saturated rings. The molecule has 2 aliphatic heterocycles. The minimum Gasteiger partial charge on any atom is -0.368 e. The maximum absolute atomic E-state index is 13.3. The Morgan fingerprint density at radius 1 is 1.03 bits per heavy atom. The van der Waals surface area contributed by atoms with Crippen molar-refractivity contribution in [3.8, 4) is 11.3 Å². The van der Waals surface area contributed by atoms with Crippen molar-refractivity contribution >= 4 is 23.4 Å². The number of amides is 1. The number of rotatable bonds is 2. The summed E-state index contributed by atoms with van der Waals surface area (Å²) in [6.45, 7) is 1.81. The van der Waals surface area contributed by atoms with Crippen molar-refractivity contribution in [2.24, 2.45) is 7.05 Å². The fraction of sp³-hybridized carbons (Fsp3) is 0.304. The highest BCUT2D eigenvalue weighted by atomic mass is 32.2. The van der Waals surface area contributed by atoms with Crippen LogP contribution in [-0.4, -0.2) is 46.8 Å². The quantitative estimate of drug-likeness (QED) is 0.560. The molecular weight excluding hydrogens is 437 g/mol. The molecule has 1 amide bonds. The topological polar surface area (TPSA) is 41.4 Å². The smallest absolute Gasteiger partial charge is 0.368 e. The van der Waals surface area contributed by atoms with Crippen LogP contribution in [0.15, 0.2) is 53.4 Å². The van der Waals surface area contributed by atoms with E-state index >= 15 is 0 Å². The average Bonchev–Trinajstić information content (AvgIpc) is 3.15. The van der Waals surface area contributed by atoms with E-state index in [-0.39, 0.29) is 5.91 Å². The Morgan fingerprint density at radius 3 is 2.53 bits per heavy atom. The van der Waals surface area contributed by atoms with Crippen LogP contribution < -0.4 is 4.90 Å². The second kappa shape index (κ2) is 7.88. The first kappa shape index (κ1) is 20.9. The van der Waals surface area contributed by atoms with Crippen LogP contribution >= 0.6 is 11.8 Å². The van der Waals surface area contributed by atoms with Gasteiger partial charge in [-0.15, -0.1) is 11.8 Å². The van der Waals surface area contributed by atoms with E-state index in [1.54, 1.807) is 27.4 Å². The van der Waals surface area contributed by atoms with Gasteiger partial charge < -0.3 is 9.80 Å². The number of benzene rings is 2. The van der Waals surface area contributed by atoms with Crippen molar-refractivity contribution in [2.75, 3.05) is 31.1 Å². The number of carbonyl (C=O) groups excluding carboxylic acids is 1. The second-order valence-corrected chi connectivity index (χ2v) is 8.93. The first-order chi connectivity index (χ1) is 15.3. The lowest BCUT2D eigenvalue weighted by molar-refractivity contribution is -0.137. The van der Waals surface area contributed by atoms with Gasteiger partial charge in [-0.05, 0) is 24.3 Å². The van der Waals surface area contributed by atoms with E-state index in [2.05, 4.69) is 11.2 Å². The molecule has 1 aromatic heterocycles. The molecule has 3 aromatic rings. The van der Waals surface area contributed by atoms with E-state index in [9.17, 15) is 18.0 Å². The number of hydrogen-bond acceptors (Lipinski definition) is 4. The maximum Gasteiger partial charge on any atom is 0.416 e. The number of aromatic nitrogens is 2. The standard InChI is InChI=1S/C23H21F3N4OS/c1-28-21-17-7-2-3-8-19(17)32-14-18(21)20(27-28)22(31)30-11-9-29(10-12-30)16-6-4-5-15(13-16)23(24,25)26/h2-8,13H,9-12,14H2,1H3.